The highest BCUT2D eigenvalue weighted by Gasteiger charge is 2.35. The highest BCUT2D eigenvalue weighted by Crippen LogP contribution is 2.38. The van der Waals surface area contributed by atoms with Crippen LogP contribution in [0.25, 0.3) is 0 Å². The van der Waals surface area contributed by atoms with Crippen molar-refractivity contribution in [3.63, 3.8) is 0 Å². The predicted octanol–water partition coefficient (Wildman–Crippen LogP) is 4.27. The van der Waals surface area contributed by atoms with Crippen LogP contribution >= 0.6 is 23.4 Å². The Morgan fingerprint density at radius 3 is 2.56 bits per heavy atom. The second kappa shape index (κ2) is 7.50. The average molecular weight is 375 g/mol. The van der Waals surface area contributed by atoms with E-state index in [2.05, 4.69) is 10.6 Å². The molecule has 2 N–H and O–H groups in total. The fourth-order valence-corrected chi connectivity index (χ4v) is 4.01. The van der Waals surface area contributed by atoms with Gasteiger partial charge in [0.05, 0.1) is 22.9 Å². The number of fused-ring (bicyclic) bond motifs is 1. The maximum atomic E-state index is 12.6. The van der Waals surface area contributed by atoms with Crippen molar-refractivity contribution in [1.82, 2.24) is 5.32 Å². The van der Waals surface area contributed by atoms with Crippen molar-refractivity contribution in [1.29, 1.82) is 0 Å². The van der Waals surface area contributed by atoms with Crippen LogP contribution in [0.4, 0.5) is 5.69 Å². The van der Waals surface area contributed by atoms with Crippen LogP contribution in [-0.2, 0) is 9.59 Å². The summed E-state index contributed by atoms with van der Waals surface area (Å²) in [6.07, 6.45) is 0. The van der Waals surface area contributed by atoms with Gasteiger partial charge in [-0.1, -0.05) is 42.8 Å². The molecule has 0 spiro atoms. The van der Waals surface area contributed by atoms with Gasteiger partial charge in [-0.3, -0.25) is 9.59 Å². The Morgan fingerprint density at radius 1 is 1.16 bits per heavy atom. The highest BCUT2D eigenvalue weighted by atomic mass is 35.5. The van der Waals surface area contributed by atoms with Crippen LogP contribution in [0, 0.1) is 5.92 Å². The van der Waals surface area contributed by atoms with Gasteiger partial charge in [-0.15, -0.1) is 11.8 Å². The third kappa shape index (κ3) is 3.99. The molecule has 0 saturated carbocycles. The Morgan fingerprint density at radius 2 is 1.84 bits per heavy atom. The lowest BCUT2D eigenvalue weighted by Gasteiger charge is -2.28. The van der Waals surface area contributed by atoms with E-state index in [4.69, 9.17) is 11.6 Å². The van der Waals surface area contributed by atoms with Crippen molar-refractivity contribution in [2.75, 3.05) is 5.32 Å². The van der Waals surface area contributed by atoms with Crippen LogP contribution in [0.2, 0.25) is 5.02 Å². The van der Waals surface area contributed by atoms with E-state index < -0.39 is 11.2 Å². The van der Waals surface area contributed by atoms with E-state index in [9.17, 15) is 9.59 Å². The first-order valence-electron chi connectivity index (χ1n) is 8.08. The molecular formula is C19H19ClN2O2S. The molecule has 3 atom stereocenters. The summed E-state index contributed by atoms with van der Waals surface area (Å²) >= 11 is 7.33. The SMILES string of the molecule is CC(NC(=O)C(C)C1Sc2ccccc2NC1=O)c1ccc(Cl)cc1. The highest BCUT2D eigenvalue weighted by molar-refractivity contribution is 8.01. The smallest absolute Gasteiger partial charge is 0.238 e. The van der Waals surface area contributed by atoms with Crippen LogP contribution in [0.15, 0.2) is 53.4 Å². The lowest BCUT2D eigenvalue weighted by molar-refractivity contribution is -0.128. The first-order valence-corrected chi connectivity index (χ1v) is 9.34. The maximum absolute atomic E-state index is 12.6. The van der Waals surface area contributed by atoms with E-state index in [0.717, 1.165) is 16.1 Å². The van der Waals surface area contributed by atoms with Crippen molar-refractivity contribution in [3.05, 3.63) is 59.1 Å². The molecule has 4 nitrogen and oxygen atoms in total. The number of carbonyl (C=O) groups excluding carboxylic acids is 2. The van der Waals surface area contributed by atoms with Crippen molar-refractivity contribution in [2.24, 2.45) is 5.92 Å². The van der Waals surface area contributed by atoms with E-state index in [1.165, 1.54) is 11.8 Å². The number of rotatable bonds is 4. The Balaban J connectivity index is 1.68. The maximum Gasteiger partial charge on any atom is 0.238 e. The minimum atomic E-state index is -0.452. The van der Waals surface area contributed by atoms with Crippen molar-refractivity contribution in [3.8, 4) is 0 Å². The van der Waals surface area contributed by atoms with Gasteiger partial charge in [0, 0.05) is 9.92 Å². The van der Waals surface area contributed by atoms with Gasteiger partial charge in [-0.2, -0.15) is 0 Å². The third-order valence-corrected chi connectivity index (χ3v) is 5.99. The minimum Gasteiger partial charge on any atom is -0.349 e. The molecule has 3 rings (SSSR count). The summed E-state index contributed by atoms with van der Waals surface area (Å²) in [7, 11) is 0. The van der Waals surface area contributed by atoms with Gasteiger partial charge < -0.3 is 10.6 Å². The van der Waals surface area contributed by atoms with Gasteiger partial charge in [0.25, 0.3) is 0 Å². The molecule has 0 aliphatic carbocycles. The number of carbonyl (C=O) groups is 2. The number of para-hydroxylation sites is 1. The predicted molar refractivity (Wildman–Crippen MR) is 102 cm³/mol. The molecule has 0 aromatic heterocycles. The first kappa shape index (κ1) is 17.8. The lowest BCUT2D eigenvalue weighted by Crippen LogP contribution is -2.42. The molecule has 2 amide bonds. The molecule has 1 heterocycles. The minimum absolute atomic E-state index is 0.134. The average Bonchev–Trinajstić information content (AvgIpc) is 2.61. The van der Waals surface area contributed by atoms with Gasteiger partial charge in [0.15, 0.2) is 0 Å². The fourth-order valence-electron chi connectivity index (χ4n) is 2.71. The summed E-state index contributed by atoms with van der Waals surface area (Å²) in [6.45, 7) is 3.70. The number of nitrogens with one attached hydrogen (secondary N) is 2. The van der Waals surface area contributed by atoms with Gasteiger partial charge in [0.2, 0.25) is 11.8 Å². The quantitative estimate of drug-likeness (QED) is 0.840. The molecule has 2 aromatic rings. The third-order valence-electron chi connectivity index (χ3n) is 4.25. The van der Waals surface area contributed by atoms with Gasteiger partial charge in [0.1, 0.15) is 0 Å². The van der Waals surface area contributed by atoms with Crippen molar-refractivity contribution >= 4 is 40.9 Å². The Bertz CT molecular complexity index is 794. The zero-order chi connectivity index (χ0) is 18.0. The molecule has 25 heavy (non-hydrogen) atoms. The first-order chi connectivity index (χ1) is 12.0. The van der Waals surface area contributed by atoms with Gasteiger partial charge in [-0.05, 0) is 36.8 Å². The monoisotopic (exact) mass is 374 g/mol. The summed E-state index contributed by atoms with van der Waals surface area (Å²) in [5.41, 5.74) is 1.77. The molecule has 1 aliphatic heterocycles. The number of amides is 2. The Labute approximate surface area is 156 Å². The molecule has 0 fully saturated rings. The molecule has 0 saturated heterocycles. The molecule has 130 valence electrons. The van der Waals surface area contributed by atoms with Crippen LogP contribution < -0.4 is 10.6 Å². The molecule has 2 aromatic carbocycles. The van der Waals surface area contributed by atoms with E-state index in [0.29, 0.717) is 5.02 Å². The number of thioether (sulfide) groups is 1. The number of halogens is 1. The summed E-state index contributed by atoms with van der Waals surface area (Å²) in [5, 5.41) is 6.07. The molecule has 1 aliphatic rings. The van der Waals surface area contributed by atoms with Crippen molar-refractivity contribution < 1.29 is 9.59 Å². The normalized spacial score (nSPS) is 18.7. The summed E-state index contributed by atoms with van der Waals surface area (Å²) in [5.74, 6) is -0.729. The zero-order valence-electron chi connectivity index (χ0n) is 14.0. The molecule has 0 radical (unpaired) electrons. The Hall–Kier alpha value is -1.98. The second-order valence-electron chi connectivity index (χ2n) is 6.09. The van der Waals surface area contributed by atoms with Crippen LogP contribution in [0.3, 0.4) is 0 Å². The molecule has 6 heteroatoms. The standard InChI is InChI=1S/C19H19ClN2O2S/c1-11(17-19(24)22-15-5-3-4-6-16(15)25-17)18(23)21-12(2)13-7-9-14(20)10-8-13/h3-12,17H,1-2H3,(H,21,23)(H,22,24). The number of hydrogen-bond acceptors (Lipinski definition) is 3. The number of benzene rings is 2. The van der Waals surface area contributed by atoms with Crippen LogP contribution in [-0.4, -0.2) is 17.1 Å². The van der Waals surface area contributed by atoms with E-state index >= 15 is 0 Å². The van der Waals surface area contributed by atoms with Crippen LogP contribution in [0.1, 0.15) is 25.5 Å². The van der Waals surface area contributed by atoms with Gasteiger partial charge in [-0.25, -0.2) is 0 Å². The van der Waals surface area contributed by atoms with Crippen LogP contribution in [0.5, 0.6) is 0 Å². The topological polar surface area (TPSA) is 58.2 Å². The van der Waals surface area contributed by atoms with Crippen molar-refractivity contribution in [2.45, 2.75) is 30.0 Å². The molecule has 0 bridgehead atoms. The number of hydrogen-bond donors (Lipinski definition) is 2. The van der Waals surface area contributed by atoms with E-state index in [1.807, 2.05) is 43.3 Å². The zero-order valence-corrected chi connectivity index (χ0v) is 15.5. The summed E-state index contributed by atoms with van der Waals surface area (Å²) in [4.78, 5) is 26.0. The molecule has 3 unspecified atom stereocenters. The largest absolute Gasteiger partial charge is 0.349 e. The molecular weight excluding hydrogens is 356 g/mol. The van der Waals surface area contributed by atoms with E-state index in [1.54, 1.807) is 19.1 Å². The Kier molecular flexibility index (Phi) is 5.35. The van der Waals surface area contributed by atoms with E-state index in [-0.39, 0.29) is 17.9 Å². The lowest BCUT2D eigenvalue weighted by atomic mass is 10.0. The fraction of sp³-hybridized carbons (Fsp3) is 0.263. The summed E-state index contributed by atoms with van der Waals surface area (Å²) < 4.78 is 0. The van der Waals surface area contributed by atoms with Gasteiger partial charge >= 0.3 is 0 Å². The summed E-state index contributed by atoms with van der Waals surface area (Å²) in [6, 6.07) is 14.8. The number of anilines is 1. The second-order valence-corrected chi connectivity index (χ2v) is 7.71.